The highest BCUT2D eigenvalue weighted by Gasteiger charge is 2.49. The van der Waals surface area contributed by atoms with E-state index >= 15 is 8.78 Å². The zero-order chi connectivity index (χ0) is 42.2. The number of hydrogen-bond donors (Lipinski definition) is 1. The molecule has 2 aromatic heterocycles. The highest BCUT2D eigenvalue weighted by molar-refractivity contribution is 7.23. The van der Waals surface area contributed by atoms with Crippen molar-refractivity contribution in [3.63, 3.8) is 0 Å². The number of anilines is 2. The number of thiophene rings is 1. The van der Waals surface area contributed by atoms with E-state index in [0.29, 0.717) is 25.9 Å². The van der Waals surface area contributed by atoms with E-state index in [0.717, 1.165) is 36.8 Å². The normalized spacial score (nSPS) is 22.0. The Morgan fingerprint density at radius 1 is 1.08 bits per heavy atom. The van der Waals surface area contributed by atoms with Gasteiger partial charge in [-0.1, -0.05) is 17.7 Å². The van der Waals surface area contributed by atoms with Gasteiger partial charge in [-0.15, -0.1) is 11.3 Å². The van der Waals surface area contributed by atoms with Crippen LogP contribution < -0.4 is 19.7 Å². The molecule has 4 aliphatic heterocycles. The first-order valence-corrected chi connectivity index (χ1v) is 20.8. The highest BCUT2D eigenvalue weighted by atomic mass is 35.5. The van der Waals surface area contributed by atoms with Crippen LogP contribution in [0.1, 0.15) is 72.8 Å². The summed E-state index contributed by atoms with van der Waals surface area (Å²) >= 11 is 7.98. The van der Waals surface area contributed by atoms with Gasteiger partial charge in [0.15, 0.2) is 11.6 Å². The van der Waals surface area contributed by atoms with Crippen molar-refractivity contribution in [2.75, 3.05) is 56.2 Å². The fraction of sp³-hybridized carbons (Fsp3) is 0.537. The van der Waals surface area contributed by atoms with Gasteiger partial charge in [-0.3, -0.25) is 10.2 Å². The molecule has 18 heteroatoms. The van der Waals surface area contributed by atoms with Gasteiger partial charge in [-0.25, -0.2) is 22.8 Å². The quantitative estimate of drug-likeness (QED) is 0.206. The number of nitrogens with one attached hydrogen (secondary N) is 1. The van der Waals surface area contributed by atoms with Gasteiger partial charge in [0.25, 0.3) is 0 Å². The first kappa shape index (κ1) is 41.0. The number of carbonyl (C=O) groups excluding carboxylic acids is 2. The Labute approximate surface area is 348 Å². The van der Waals surface area contributed by atoms with Gasteiger partial charge in [-0.05, 0) is 79.0 Å². The lowest BCUT2D eigenvalue weighted by Crippen LogP contribution is -2.43. The van der Waals surface area contributed by atoms with Gasteiger partial charge in [0.05, 0.1) is 32.3 Å². The van der Waals surface area contributed by atoms with E-state index in [1.165, 1.54) is 6.07 Å². The Morgan fingerprint density at radius 3 is 2.58 bits per heavy atom. The maximum absolute atomic E-state index is 17.7. The molecule has 0 radical (unpaired) electrons. The predicted molar refractivity (Wildman–Crippen MR) is 217 cm³/mol. The van der Waals surface area contributed by atoms with Crippen LogP contribution in [0.4, 0.5) is 33.6 Å². The number of fused-ring (bicyclic) bond motifs is 4. The van der Waals surface area contributed by atoms with Gasteiger partial charge >= 0.3 is 18.2 Å². The molecule has 314 valence electrons. The smallest absolute Gasteiger partial charge is 0.412 e. The lowest BCUT2D eigenvalue weighted by molar-refractivity contribution is 0.0260. The first-order valence-electron chi connectivity index (χ1n) is 19.6. The lowest BCUT2D eigenvalue weighted by atomic mass is 9.95. The second-order valence-corrected chi connectivity index (χ2v) is 18.9. The monoisotopic (exact) mass is 855 g/mol. The third-order valence-corrected chi connectivity index (χ3v) is 12.6. The van der Waals surface area contributed by atoms with Crippen LogP contribution in [0, 0.1) is 23.0 Å². The Morgan fingerprint density at radius 2 is 1.85 bits per heavy atom. The summed E-state index contributed by atoms with van der Waals surface area (Å²) in [5, 5.41) is 13.0. The zero-order valence-electron chi connectivity index (χ0n) is 33.6. The molecule has 4 aromatic rings. The SMILES string of the molecule is CC(C)(C)OC(=O)Nc1sc2c(F)ccc(-c3c(Cl)c4c5c(nc(OC[C@@]67CCCN6C[C@H](F)C7)nc5c3F)N3CCN(C(=O)OC(C)(C)C)CCC3CO4)c2c1C#N. The first-order chi connectivity index (χ1) is 27.9. The number of benzene rings is 2. The molecule has 0 spiro atoms. The Bertz CT molecular complexity index is 2420. The van der Waals surface area contributed by atoms with Crippen molar-refractivity contribution in [3.05, 3.63) is 34.4 Å². The van der Waals surface area contributed by atoms with E-state index in [4.69, 9.17) is 35.5 Å². The summed E-state index contributed by atoms with van der Waals surface area (Å²) in [5.41, 5.74) is -2.59. The Balaban J connectivity index is 1.28. The van der Waals surface area contributed by atoms with E-state index in [1.54, 1.807) is 46.4 Å². The van der Waals surface area contributed by atoms with Gasteiger partial charge in [0.2, 0.25) is 0 Å². The number of ether oxygens (including phenoxy) is 4. The topological polar surface area (TPSA) is 142 Å². The molecule has 3 fully saturated rings. The van der Waals surface area contributed by atoms with Crippen molar-refractivity contribution in [3.8, 4) is 29.0 Å². The molecule has 2 amide bonds. The third-order valence-electron chi connectivity index (χ3n) is 11.1. The summed E-state index contributed by atoms with van der Waals surface area (Å²) in [5.74, 6) is -1.26. The fourth-order valence-electron chi connectivity index (χ4n) is 8.62. The van der Waals surface area contributed by atoms with Crippen LogP contribution >= 0.6 is 22.9 Å². The van der Waals surface area contributed by atoms with Crippen LogP contribution in [0.5, 0.6) is 11.8 Å². The van der Waals surface area contributed by atoms with Crippen molar-refractivity contribution >= 4 is 66.9 Å². The summed E-state index contributed by atoms with van der Waals surface area (Å²) in [6, 6.07) is 4.00. The number of rotatable bonds is 5. The molecule has 6 heterocycles. The number of alkyl halides is 1. The molecule has 4 aliphatic rings. The molecule has 2 aromatic carbocycles. The highest BCUT2D eigenvalue weighted by Crippen LogP contribution is 2.52. The third kappa shape index (κ3) is 7.63. The Hall–Kier alpha value is -4.79. The predicted octanol–water partition coefficient (Wildman–Crippen LogP) is 8.83. The minimum atomic E-state index is -1.00. The molecule has 3 atom stereocenters. The van der Waals surface area contributed by atoms with Crippen molar-refractivity contribution in [2.24, 2.45) is 0 Å². The van der Waals surface area contributed by atoms with Gasteiger partial charge in [-0.2, -0.15) is 15.2 Å². The summed E-state index contributed by atoms with van der Waals surface area (Å²) in [6.45, 7) is 12.5. The summed E-state index contributed by atoms with van der Waals surface area (Å²) in [6.07, 6.45) is 0.0134. The molecule has 8 rings (SSSR count). The number of amides is 2. The van der Waals surface area contributed by atoms with Gasteiger partial charge in [0, 0.05) is 43.5 Å². The van der Waals surface area contributed by atoms with Crippen LogP contribution in [0.25, 0.3) is 32.1 Å². The van der Waals surface area contributed by atoms with Crippen LogP contribution in [0.2, 0.25) is 5.02 Å². The number of hydrogen-bond acceptors (Lipinski definition) is 12. The molecule has 1 N–H and O–H groups in total. The molecule has 59 heavy (non-hydrogen) atoms. The minimum Gasteiger partial charge on any atom is -0.489 e. The molecule has 13 nitrogen and oxygen atoms in total. The van der Waals surface area contributed by atoms with Crippen LogP contribution in [-0.4, -0.2) is 107 Å². The van der Waals surface area contributed by atoms with E-state index in [1.807, 2.05) is 4.90 Å². The molecule has 0 saturated carbocycles. The standard InChI is InChI=1S/C41H45ClF3N7O6S/c1-39(2,3)57-37(53)49-35-24(17-46)26-23(8-9-25(44)33(26)59-35)27-29(42)32-28-31(30(27)45)47-36(56-20-41-11-7-12-51(41)18-21(43)16-41)48-34(28)52-15-14-50(13-10-22(52)19-55-32)38(54)58-40(4,5)6/h8-9,21-22H,7,10-16,18-20H2,1-6H3,(H,49,53)/t21-,22?,41+/m1/s1. The van der Waals surface area contributed by atoms with E-state index in [2.05, 4.69) is 21.3 Å². The van der Waals surface area contributed by atoms with Crippen molar-refractivity contribution in [2.45, 2.75) is 96.2 Å². The fourth-order valence-corrected chi connectivity index (χ4v) is 10.0. The van der Waals surface area contributed by atoms with Gasteiger partial charge in [0.1, 0.15) is 58.8 Å². The molecule has 3 saturated heterocycles. The van der Waals surface area contributed by atoms with Crippen LogP contribution in [-0.2, 0) is 9.47 Å². The Kier molecular flexibility index (Phi) is 10.4. The van der Waals surface area contributed by atoms with E-state index in [9.17, 15) is 19.2 Å². The summed E-state index contributed by atoms with van der Waals surface area (Å²) < 4.78 is 71.8. The molecule has 0 bridgehead atoms. The van der Waals surface area contributed by atoms with Crippen molar-refractivity contribution in [1.82, 2.24) is 19.8 Å². The lowest BCUT2D eigenvalue weighted by Gasteiger charge is -2.31. The molecular formula is C41H45ClF3N7O6S. The molecular weight excluding hydrogens is 811 g/mol. The summed E-state index contributed by atoms with van der Waals surface area (Å²) in [7, 11) is 0. The van der Waals surface area contributed by atoms with Crippen molar-refractivity contribution in [1.29, 1.82) is 5.26 Å². The molecule has 1 unspecified atom stereocenters. The average molecular weight is 856 g/mol. The number of nitriles is 1. The summed E-state index contributed by atoms with van der Waals surface area (Å²) in [4.78, 5) is 41.1. The number of nitrogens with zero attached hydrogens (tertiary/aromatic N) is 6. The van der Waals surface area contributed by atoms with E-state index < -0.39 is 46.7 Å². The number of carbonyl (C=O) groups is 2. The maximum atomic E-state index is 17.7. The van der Waals surface area contributed by atoms with Crippen LogP contribution in [0.3, 0.4) is 0 Å². The largest absolute Gasteiger partial charge is 0.489 e. The second kappa shape index (κ2) is 15.0. The van der Waals surface area contributed by atoms with Crippen molar-refractivity contribution < 1.29 is 41.7 Å². The maximum Gasteiger partial charge on any atom is 0.412 e. The van der Waals surface area contributed by atoms with Crippen LogP contribution in [0.15, 0.2) is 12.1 Å². The minimum absolute atomic E-state index is 0.00577. The van der Waals surface area contributed by atoms with E-state index in [-0.39, 0.29) is 97.6 Å². The average Bonchev–Trinajstić information content (AvgIpc) is 3.70. The van der Waals surface area contributed by atoms with Gasteiger partial charge < -0.3 is 28.7 Å². The number of halogens is 4. The number of aromatic nitrogens is 2. The zero-order valence-corrected chi connectivity index (χ0v) is 35.2. The molecule has 0 aliphatic carbocycles. The second-order valence-electron chi connectivity index (χ2n) is 17.5.